The van der Waals surface area contributed by atoms with Gasteiger partial charge >= 0.3 is 0 Å². The second-order valence-corrected chi connectivity index (χ2v) is 4.10. The molecule has 1 atom stereocenters. The van der Waals surface area contributed by atoms with Crippen molar-refractivity contribution < 1.29 is 0 Å². The van der Waals surface area contributed by atoms with E-state index in [0.29, 0.717) is 0 Å². The molecule has 2 nitrogen and oxygen atoms in total. The summed E-state index contributed by atoms with van der Waals surface area (Å²) in [5, 5.41) is 0. The van der Waals surface area contributed by atoms with Crippen molar-refractivity contribution in [2.24, 2.45) is 5.73 Å². The Labute approximate surface area is 96.1 Å². The molecule has 2 N–H and O–H groups in total. The molecule has 2 rings (SSSR count). The zero-order chi connectivity index (χ0) is 11.5. The summed E-state index contributed by atoms with van der Waals surface area (Å²) in [6, 6.07) is 10.5. The lowest BCUT2D eigenvalue weighted by atomic mass is 10.00. The molecule has 1 unspecified atom stereocenters. The summed E-state index contributed by atoms with van der Waals surface area (Å²) in [4.78, 5) is 4.10. The second kappa shape index (κ2) is 4.45. The number of nitrogens with zero attached hydrogens (tertiary/aromatic N) is 1. The molecule has 0 saturated carbocycles. The molecular weight excluding hydrogens is 196 g/mol. The number of rotatable bonds is 2. The molecule has 0 aliphatic heterocycles. The first kappa shape index (κ1) is 10.8. The standard InChI is InChI=1S/C14H16N2/c1-10-9-16-8-7-14(10)13-5-3-12(4-6-13)11(2)15/h3-9,11H,15H2,1-2H3. The summed E-state index contributed by atoms with van der Waals surface area (Å²) in [7, 11) is 0. The number of hydrogen-bond acceptors (Lipinski definition) is 2. The molecule has 0 saturated heterocycles. The second-order valence-electron chi connectivity index (χ2n) is 4.10. The quantitative estimate of drug-likeness (QED) is 0.830. The van der Waals surface area contributed by atoms with Crippen LogP contribution in [0.5, 0.6) is 0 Å². The third-order valence-corrected chi connectivity index (χ3v) is 2.77. The van der Waals surface area contributed by atoms with E-state index in [2.05, 4.69) is 36.2 Å². The van der Waals surface area contributed by atoms with Gasteiger partial charge in [0.05, 0.1) is 0 Å². The van der Waals surface area contributed by atoms with Crippen molar-refractivity contribution in [1.82, 2.24) is 4.98 Å². The molecule has 0 radical (unpaired) electrons. The molecule has 82 valence electrons. The lowest BCUT2D eigenvalue weighted by Gasteiger charge is -2.08. The third kappa shape index (κ3) is 2.12. The van der Waals surface area contributed by atoms with Crippen LogP contribution < -0.4 is 5.73 Å². The number of aryl methyl sites for hydroxylation is 1. The van der Waals surface area contributed by atoms with Crippen LogP contribution in [-0.4, -0.2) is 4.98 Å². The number of pyridine rings is 1. The Hall–Kier alpha value is -1.67. The lowest BCUT2D eigenvalue weighted by molar-refractivity contribution is 0.818. The van der Waals surface area contributed by atoms with E-state index in [-0.39, 0.29) is 6.04 Å². The van der Waals surface area contributed by atoms with Gasteiger partial charge in [0, 0.05) is 18.4 Å². The molecule has 1 heterocycles. The monoisotopic (exact) mass is 212 g/mol. The first-order valence-electron chi connectivity index (χ1n) is 5.45. The molecular formula is C14H16N2. The van der Waals surface area contributed by atoms with Crippen molar-refractivity contribution in [3.8, 4) is 11.1 Å². The largest absolute Gasteiger partial charge is 0.324 e. The summed E-state index contributed by atoms with van der Waals surface area (Å²) < 4.78 is 0. The first-order valence-corrected chi connectivity index (χ1v) is 5.45. The Kier molecular flexibility index (Phi) is 3.02. The summed E-state index contributed by atoms with van der Waals surface area (Å²) in [6.45, 7) is 4.06. The van der Waals surface area contributed by atoms with Gasteiger partial charge in [0.2, 0.25) is 0 Å². The minimum Gasteiger partial charge on any atom is -0.324 e. The fourth-order valence-corrected chi connectivity index (χ4v) is 1.76. The van der Waals surface area contributed by atoms with E-state index >= 15 is 0 Å². The number of benzene rings is 1. The van der Waals surface area contributed by atoms with Crippen LogP contribution in [0.4, 0.5) is 0 Å². The van der Waals surface area contributed by atoms with Crippen LogP contribution in [-0.2, 0) is 0 Å². The molecule has 1 aromatic heterocycles. The highest BCUT2D eigenvalue weighted by atomic mass is 14.6. The molecule has 0 amide bonds. The SMILES string of the molecule is Cc1cnccc1-c1ccc(C(C)N)cc1. The average Bonchev–Trinajstić information content (AvgIpc) is 2.30. The molecule has 0 aliphatic rings. The zero-order valence-corrected chi connectivity index (χ0v) is 9.64. The van der Waals surface area contributed by atoms with Crippen molar-refractivity contribution in [2.75, 3.05) is 0 Å². The molecule has 16 heavy (non-hydrogen) atoms. The Morgan fingerprint density at radius 1 is 1.12 bits per heavy atom. The minimum atomic E-state index is 0.0904. The fourth-order valence-electron chi connectivity index (χ4n) is 1.76. The van der Waals surface area contributed by atoms with Crippen LogP contribution in [0.25, 0.3) is 11.1 Å². The van der Waals surface area contributed by atoms with Crippen LogP contribution in [0.15, 0.2) is 42.7 Å². The predicted molar refractivity (Wildman–Crippen MR) is 67.0 cm³/mol. The van der Waals surface area contributed by atoms with E-state index in [1.165, 1.54) is 16.7 Å². The smallest absolute Gasteiger partial charge is 0.0303 e. The maximum Gasteiger partial charge on any atom is 0.0303 e. The van der Waals surface area contributed by atoms with E-state index in [9.17, 15) is 0 Å². The first-order chi connectivity index (χ1) is 7.68. The molecule has 0 spiro atoms. The van der Waals surface area contributed by atoms with E-state index in [0.717, 1.165) is 5.56 Å². The molecule has 2 aromatic rings. The van der Waals surface area contributed by atoms with Gasteiger partial charge in [0.1, 0.15) is 0 Å². The van der Waals surface area contributed by atoms with Gasteiger partial charge in [0.15, 0.2) is 0 Å². The van der Waals surface area contributed by atoms with Crippen molar-refractivity contribution in [3.63, 3.8) is 0 Å². The maximum atomic E-state index is 5.82. The predicted octanol–water partition coefficient (Wildman–Crippen LogP) is 3.08. The Morgan fingerprint density at radius 2 is 1.81 bits per heavy atom. The molecule has 0 bridgehead atoms. The Balaban J connectivity index is 2.39. The van der Waals surface area contributed by atoms with Crippen LogP contribution in [0.3, 0.4) is 0 Å². The van der Waals surface area contributed by atoms with Crippen molar-refractivity contribution >= 4 is 0 Å². The highest BCUT2D eigenvalue weighted by Crippen LogP contribution is 2.23. The lowest BCUT2D eigenvalue weighted by Crippen LogP contribution is -2.04. The van der Waals surface area contributed by atoms with Crippen LogP contribution in [0.2, 0.25) is 0 Å². The van der Waals surface area contributed by atoms with Crippen molar-refractivity contribution in [3.05, 3.63) is 53.9 Å². The summed E-state index contributed by atoms with van der Waals surface area (Å²) in [6.07, 6.45) is 3.70. The van der Waals surface area contributed by atoms with Gasteiger partial charge in [-0.2, -0.15) is 0 Å². The number of nitrogens with two attached hydrogens (primary N) is 1. The Bertz CT molecular complexity index is 472. The minimum absolute atomic E-state index is 0.0904. The van der Waals surface area contributed by atoms with E-state index < -0.39 is 0 Å². The number of hydrogen-bond donors (Lipinski definition) is 1. The van der Waals surface area contributed by atoms with Gasteiger partial charge in [-0.3, -0.25) is 4.98 Å². The fraction of sp³-hybridized carbons (Fsp3) is 0.214. The molecule has 2 heteroatoms. The van der Waals surface area contributed by atoms with Crippen molar-refractivity contribution in [1.29, 1.82) is 0 Å². The van der Waals surface area contributed by atoms with Gasteiger partial charge in [-0.1, -0.05) is 24.3 Å². The van der Waals surface area contributed by atoms with Crippen LogP contribution in [0, 0.1) is 6.92 Å². The normalized spacial score (nSPS) is 12.4. The van der Waals surface area contributed by atoms with Gasteiger partial charge in [0.25, 0.3) is 0 Å². The Morgan fingerprint density at radius 3 is 2.38 bits per heavy atom. The van der Waals surface area contributed by atoms with Gasteiger partial charge < -0.3 is 5.73 Å². The molecule has 1 aromatic carbocycles. The highest BCUT2D eigenvalue weighted by Gasteiger charge is 2.03. The zero-order valence-electron chi connectivity index (χ0n) is 9.64. The van der Waals surface area contributed by atoms with Crippen LogP contribution >= 0.6 is 0 Å². The third-order valence-electron chi connectivity index (χ3n) is 2.77. The maximum absolute atomic E-state index is 5.82. The highest BCUT2D eigenvalue weighted by molar-refractivity contribution is 5.66. The molecule has 0 aliphatic carbocycles. The van der Waals surface area contributed by atoms with Gasteiger partial charge in [-0.25, -0.2) is 0 Å². The van der Waals surface area contributed by atoms with Gasteiger partial charge in [-0.15, -0.1) is 0 Å². The van der Waals surface area contributed by atoms with Gasteiger partial charge in [-0.05, 0) is 42.2 Å². The van der Waals surface area contributed by atoms with Crippen LogP contribution in [0.1, 0.15) is 24.1 Å². The molecule has 0 fully saturated rings. The summed E-state index contributed by atoms with van der Waals surface area (Å²) in [5.74, 6) is 0. The summed E-state index contributed by atoms with van der Waals surface area (Å²) in [5.41, 5.74) is 10.6. The van der Waals surface area contributed by atoms with E-state index in [1.54, 1.807) is 0 Å². The van der Waals surface area contributed by atoms with E-state index in [4.69, 9.17) is 5.73 Å². The number of aromatic nitrogens is 1. The van der Waals surface area contributed by atoms with E-state index in [1.807, 2.05) is 25.4 Å². The topological polar surface area (TPSA) is 38.9 Å². The summed E-state index contributed by atoms with van der Waals surface area (Å²) >= 11 is 0. The average molecular weight is 212 g/mol. The van der Waals surface area contributed by atoms with Crippen molar-refractivity contribution in [2.45, 2.75) is 19.9 Å².